The molecular formula is C19H35N5O. The Kier molecular flexibility index (Phi) is 6.57. The molecule has 6 heteroatoms. The van der Waals surface area contributed by atoms with Gasteiger partial charge in [-0.2, -0.15) is 0 Å². The number of carbonyl (C=O) groups excluding carboxylic acids is 1. The van der Waals surface area contributed by atoms with E-state index in [-0.39, 0.29) is 12.5 Å². The van der Waals surface area contributed by atoms with Gasteiger partial charge in [0.15, 0.2) is 5.96 Å². The van der Waals surface area contributed by atoms with E-state index in [1.165, 1.54) is 64.5 Å². The molecule has 1 amide bonds. The summed E-state index contributed by atoms with van der Waals surface area (Å²) in [6.07, 6.45) is 10.3. The van der Waals surface area contributed by atoms with Crippen LogP contribution in [0.4, 0.5) is 0 Å². The zero-order chi connectivity index (χ0) is 17.6. The molecule has 3 rings (SSSR count). The summed E-state index contributed by atoms with van der Waals surface area (Å²) in [5.74, 6) is 1.03. The van der Waals surface area contributed by atoms with Gasteiger partial charge in [-0.25, -0.2) is 4.99 Å². The molecule has 2 heterocycles. The fourth-order valence-corrected chi connectivity index (χ4v) is 4.29. The SMILES string of the molecule is CN(C)C(=O)CN=C(NC1CCCCC1)N1CCC(N2CCCC2)C1. The molecule has 2 saturated heterocycles. The fourth-order valence-electron chi connectivity index (χ4n) is 4.29. The first-order valence-corrected chi connectivity index (χ1v) is 10.1. The van der Waals surface area contributed by atoms with Crippen LogP contribution in [0.5, 0.6) is 0 Å². The zero-order valence-corrected chi connectivity index (χ0v) is 16.0. The molecule has 1 N–H and O–H groups in total. The van der Waals surface area contributed by atoms with Crippen LogP contribution in [0.3, 0.4) is 0 Å². The van der Waals surface area contributed by atoms with Crippen LogP contribution in [0.1, 0.15) is 51.4 Å². The van der Waals surface area contributed by atoms with Gasteiger partial charge in [-0.3, -0.25) is 9.69 Å². The maximum absolute atomic E-state index is 12.0. The van der Waals surface area contributed by atoms with Gasteiger partial charge in [-0.05, 0) is 45.2 Å². The Bertz CT molecular complexity index is 466. The number of likely N-dealkylation sites (N-methyl/N-ethyl adjacent to an activating group) is 1. The molecule has 1 aliphatic carbocycles. The van der Waals surface area contributed by atoms with Crippen molar-refractivity contribution >= 4 is 11.9 Å². The average Bonchev–Trinajstić information content (AvgIpc) is 3.30. The van der Waals surface area contributed by atoms with Gasteiger partial charge in [-0.15, -0.1) is 0 Å². The Morgan fingerprint density at radius 1 is 1.04 bits per heavy atom. The first-order valence-electron chi connectivity index (χ1n) is 10.1. The molecule has 25 heavy (non-hydrogen) atoms. The summed E-state index contributed by atoms with van der Waals surface area (Å²) >= 11 is 0. The Hall–Kier alpha value is -1.30. The van der Waals surface area contributed by atoms with E-state index >= 15 is 0 Å². The van der Waals surface area contributed by atoms with Gasteiger partial charge in [0, 0.05) is 39.3 Å². The summed E-state index contributed by atoms with van der Waals surface area (Å²) in [6.45, 7) is 4.85. The quantitative estimate of drug-likeness (QED) is 0.618. The van der Waals surface area contributed by atoms with E-state index in [9.17, 15) is 4.79 Å². The summed E-state index contributed by atoms with van der Waals surface area (Å²) < 4.78 is 0. The molecule has 142 valence electrons. The van der Waals surface area contributed by atoms with E-state index in [2.05, 4.69) is 15.1 Å². The molecule has 0 radical (unpaired) electrons. The van der Waals surface area contributed by atoms with Gasteiger partial charge < -0.3 is 15.1 Å². The maximum atomic E-state index is 12.0. The van der Waals surface area contributed by atoms with Crippen molar-refractivity contribution in [2.45, 2.75) is 63.5 Å². The van der Waals surface area contributed by atoms with E-state index < -0.39 is 0 Å². The van der Waals surface area contributed by atoms with Crippen molar-refractivity contribution in [3.63, 3.8) is 0 Å². The molecule has 1 saturated carbocycles. The summed E-state index contributed by atoms with van der Waals surface area (Å²) in [5.41, 5.74) is 0. The van der Waals surface area contributed by atoms with Crippen LogP contribution in [0, 0.1) is 0 Å². The monoisotopic (exact) mass is 349 g/mol. The van der Waals surface area contributed by atoms with Crippen LogP contribution in [-0.2, 0) is 4.79 Å². The molecule has 6 nitrogen and oxygen atoms in total. The van der Waals surface area contributed by atoms with Crippen molar-refractivity contribution in [2.24, 2.45) is 4.99 Å². The zero-order valence-electron chi connectivity index (χ0n) is 16.0. The third kappa shape index (κ3) is 5.09. The minimum atomic E-state index is 0.0678. The van der Waals surface area contributed by atoms with Crippen molar-refractivity contribution in [3.8, 4) is 0 Å². The van der Waals surface area contributed by atoms with Crippen LogP contribution < -0.4 is 5.32 Å². The first kappa shape index (κ1) is 18.5. The third-order valence-electron chi connectivity index (χ3n) is 5.92. The lowest BCUT2D eigenvalue weighted by molar-refractivity contribution is -0.127. The normalized spacial score (nSPS) is 26.2. The largest absolute Gasteiger partial charge is 0.353 e. The van der Waals surface area contributed by atoms with E-state index in [1.54, 1.807) is 19.0 Å². The van der Waals surface area contributed by atoms with Gasteiger partial charge in [-0.1, -0.05) is 19.3 Å². The van der Waals surface area contributed by atoms with Crippen molar-refractivity contribution in [1.82, 2.24) is 20.0 Å². The standard InChI is InChI=1S/C19H35N5O/c1-22(2)18(25)14-20-19(21-16-8-4-3-5-9-16)24-13-10-17(15-24)23-11-6-7-12-23/h16-17H,3-15H2,1-2H3,(H,20,21). The number of nitrogens with zero attached hydrogens (tertiary/aromatic N) is 4. The number of likely N-dealkylation sites (tertiary alicyclic amines) is 2. The molecule has 3 fully saturated rings. The highest BCUT2D eigenvalue weighted by atomic mass is 16.2. The summed E-state index contributed by atoms with van der Waals surface area (Å²) in [7, 11) is 3.59. The smallest absolute Gasteiger partial charge is 0.243 e. The molecule has 3 aliphatic rings. The van der Waals surface area contributed by atoms with Crippen LogP contribution in [0.2, 0.25) is 0 Å². The summed E-state index contributed by atoms with van der Waals surface area (Å²) in [4.78, 5) is 23.4. The molecule has 1 unspecified atom stereocenters. The summed E-state index contributed by atoms with van der Waals surface area (Å²) in [6, 6.07) is 1.18. The molecule has 0 aromatic heterocycles. The number of aliphatic imine (C=N–C) groups is 1. The maximum Gasteiger partial charge on any atom is 0.243 e. The minimum absolute atomic E-state index is 0.0678. The predicted molar refractivity (Wildman–Crippen MR) is 102 cm³/mol. The summed E-state index contributed by atoms with van der Waals surface area (Å²) in [5, 5.41) is 3.69. The molecule has 0 aromatic rings. The lowest BCUT2D eigenvalue weighted by Gasteiger charge is -2.30. The van der Waals surface area contributed by atoms with Crippen LogP contribution in [-0.4, -0.2) is 85.5 Å². The van der Waals surface area contributed by atoms with Gasteiger partial charge in [0.25, 0.3) is 0 Å². The van der Waals surface area contributed by atoms with E-state index in [1.807, 2.05) is 0 Å². The van der Waals surface area contributed by atoms with Gasteiger partial charge in [0.2, 0.25) is 5.91 Å². The van der Waals surface area contributed by atoms with Crippen molar-refractivity contribution in [3.05, 3.63) is 0 Å². The van der Waals surface area contributed by atoms with Gasteiger partial charge in [0.1, 0.15) is 6.54 Å². The Balaban J connectivity index is 1.62. The highest BCUT2D eigenvalue weighted by Gasteiger charge is 2.31. The Morgan fingerprint density at radius 3 is 2.44 bits per heavy atom. The first-order chi connectivity index (χ1) is 12.1. The second-order valence-electron chi connectivity index (χ2n) is 8.04. The van der Waals surface area contributed by atoms with Crippen LogP contribution >= 0.6 is 0 Å². The molecular weight excluding hydrogens is 314 g/mol. The highest BCUT2D eigenvalue weighted by Crippen LogP contribution is 2.22. The number of nitrogens with one attached hydrogen (secondary N) is 1. The van der Waals surface area contributed by atoms with E-state index in [4.69, 9.17) is 4.99 Å². The predicted octanol–water partition coefficient (Wildman–Crippen LogP) is 1.52. The Morgan fingerprint density at radius 2 is 1.76 bits per heavy atom. The van der Waals surface area contributed by atoms with Crippen LogP contribution in [0.25, 0.3) is 0 Å². The number of carbonyl (C=O) groups is 1. The molecule has 2 aliphatic heterocycles. The number of amides is 1. The number of guanidine groups is 1. The average molecular weight is 350 g/mol. The molecule has 0 spiro atoms. The van der Waals surface area contributed by atoms with Crippen molar-refractivity contribution < 1.29 is 4.79 Å². The van der Waals surface area contributed by atoms with Gasteiger partial charge >= 0.3 is 0 Å². The lowest BCUT2D eigenvalue weighted by atomic mass is 9.96. The minimum Gasteiger partial charge on any atom is -0.353 e. The second-order valence-corrected chi connectivity index (χ2v) is 8.04. The lowest BCUT2D eigenvalue weighted by Crippen LogP contribution is -2.47. The van der Waals surface area contributed by atoms with Crippen LogP contribution in [0.15, 0.2) is 4.99 Å². The van der Waals surface area contributed by atoms with Crippen molar-refractivity contribution in [2.75, 3.05) is 46.8 Å². The number of hydrogen-bond donors (Lipinski definition) is 1. The highest BCUT2D eigenvalue weighted by molar-refractivity contribution is 5.85. The molecule has 0 bridgehead atoms. The number of hydrogen-bond acceptors (Lipinski definition) is 3. The van der Waals surface area contributed by atoms with E-state index in [0.29, 0.717) is 12.1 Å². The third-order valence-corrected chi connectivity index (χ3v) is 5.92. The van der Waals surface area contributed by atoms with E-state index in [0.717, 1.165) is 19.0 Å². The topological polar surface area (TPSA) is 51.2 Å². The second kappa shape index (κ2) is 8.88. The number of rotatable bonds is 4. The molecule has 1 atom stereocenters. The van der Waals surface area contributed by atoms with Gasteiger partial charge in [0.05, 0.1) is 0 Å². The fraction of sp³-hybridized carbons (Fsp3) is 0.895. The Labute approximate surface area is 152 Å². The molecule has 0 aromatic carbocycles. The van der Waals surface area contributed by atoms with Crippen molar-refractivity contribution in [1.29, 1.82) is 0 Å².